The normalized spacial score (nSPS) is 17.5. The summed E-state index contributed by atoms with van der Waals surface area (Å²) in [4.78, 5) is 27.8. The number of hydrogen-bond acceptors (Lipinski definition) is 5. The number of alkyl halides is 3. The van der Waals surface area contributed by atoms with E-state index < -0.39 is 29.6 Å². The molecular formula is C17H19F3N6O2. The van der Waals surface area contributed by atoms with E-state index in [9.17, 15) is 22.8 Å². The molecule has 2 N–H and O–H groups in total. The van der Waals surface area contributed by atoms with Crippen molar-refractivity contribution in [1.82, 2.24) is 19.9 Å². The van der Waals surface area contributed by atoms with Crippen molar-refractivity contribution in [1.29, 1.82) is 0 Å². The molecule has 11 heteroatoms. The van der Waals surface area contributed by atoms with Gasteiger partial charge >= 0.3 is 6.18 Å². The van der Waals surface area contributed by atoms with Crippen molar-refractivity contribution in [2.24, 2.45) is 7.05 Å². The number of nitrogens with one attached hydrogen (secondary N) is 2. The van der Waals surface area contributed by atoms with E-state index in [1.54, 1.807) is 7.05 Å². The molecule has 2 aromatic rings. The van der Waals surface area contributed by atoms with Crippen LogP contribution < -0.4 is 10.6 Å². The zero-order valence-electron chi connectivity index (χ0n) is 15.2. The fraction of sp³-hybridized carbons (Fsp3) is 0.412. The van der Waals surface area contributed by atoms with Gasteiger partial charge in [0.15, 0.2) is 5.82 Å². The van der Waals surface area contributed by atoms with Crippen molar-refractivity contribution in [2.75, 3.05) is 24.2 Å². The number of amides is 2. The molecule has 1 atom stereocenters. The lowest BCUT2D eigenvalue weighted by atomic mass is 10.1. The molecule has 0 aliphatic carbocycles. The zero-order valence-corrected chi connectivity index (χ0v) is 15.2. The fourth-order valence-corrected chi connectivity index (χ4v) is 3.05. The molecule has 3 rings (SSSR count). The first-order valence-corrected chi connectivity index (χ1v) is 8.54. The Morgan fingerprint density at radius 1 is 1.18 bits per heavy atom. The molecule has 0 spiro atoms. The first-order valence-electron chi connectivity index (χ1n) is 8.54. The van der Waals surface area contributed by atoms with Crippen LogP contribution in [0.15, 0.2) is 24.4 Å². The van der Waals surface area contributed by atoms with E-state index in [0.717, 1.165) is 25.1 Å². The van der Waals surface area contributed by atoms with Crippen LogP contribution in [0.25, 0.3) is 0 Å². The summed E-state index contributed by atoms with van der Waals surface area (Å²) in [5, 5.41) is 12.5. The molecule has 1 aromatic heterocycles. The molecule has 2 amide bonds. The number of hydrogen-bond donors (Lipinski definition) is 2. The highest BCUT2D eigenvalue weighted by molar-refractivity contribution is 6.05. The predicted molar refractivity (Wildman–Crippen MR) is 94.7 cm³/mol. The monoisotopic (exact) mass is 396 g/mol. The van der Waals surface area contributed by atoms with Gasteiger partial charge in [-0.2, -0.15) is 23.1 Å². The summed E-state index contributed by atoms with van der Waals surface area (Å²) in [5.74, 6) is -1.09. The third kappa shape index (κ3) is 4.47. The Kier molecular flexibility index (Phi) is 5.36. The van der Waals surface area contributed by atoms with Crippen LogP contribution in [-0.2, 0) is 18.0 Å². The van der Waals surface area contributed by atoms with Crippen LogP contribution in [0.2, 0.25) is 0 Å². The third-order valence-electron chi connectivity index (χ3n) is 4.45. The second-order valence-electron chi connectivity index (χ2n) is 6.60. The molecule has 1 aliphatic rings. The second kappa shape index (κ2) is 7.58. The number of halogens is 3. The van der Waals surface area contributed by atoms with E-state index >= 15 is 0 Å². The van der Waals surface area contributed by atoms with Gasteiger partial charge in [-0.25, -0.2) is 0 Å². The molecule has 150 valence electrons. The van der Waals surface area contributed by atoms with Gasteiger partial charge in [0.1, 0.15) is 0 Å². The Hall–Kier alpha value is -2.95. The number of nitrogens with zero attached hydrogens (tertiary/aromatic N) is 4. The highest BCUT2D eigenvalue weighted by Crippen LogP contribution is 2.32. The summed E-state index contributed by atoms with van der Waals surface area (Å²) in [6.07, 6.45) is -1.94. The van der Waals surface area contributed by atoms with Crippen molar-refractivity contribution in [2.45, 2.75) is 25.1 Å². The first kappa shape index (κ1) is 19.8. The standard InChI is InChI=1S/C17H19F3N6O2/c1-25-5-3-4-13(25)16(28)22-12-7-10(6-11(8-12)17(18,19)20)15(27)23-14-9-21-26(2)24-14/h6-9,13H,3-5H2,1-2H3,(H,22,28)(H,23,24,27)/t13-/m0/s1. The maximum atomic E-state index is 13.3. The SMILES string of the molecule is CN1CCC[C@H]1C(=O)Nc1cc(C(=O)Nc2cnn(C)n2)cc(C(F)(F)F)c1. The lowest BCUT2D eigenvalue weighted by molar-refractivity contribution is -0.137. The van der Waals surface area contributed by atoms with Crippen molar-refractivity contribution < 1.29 is 22.8 Å². The molecule has 1 saturated heterocycles. The Morgan fingerprint density at radius 2 is 1.93 bits per heavy atom. The first-order chi connectivity index (χ1) is 13.1. The Balaban J connectivity index is 1.86. The number of aryl methyl sites for hydroxylation is 1. The van der Waals surface area contributed by atoms with Gasteiger partial charge in [0.05, 0.1) is 17.8 Å². The third-order valence-corrected chi connectivity index (χ3v) is 4.45. The summed E-state index contributed by atoms with van der Waals surface area (Å²) in [6.45, 7) is 0.743. The Bertz CT molecular complexity index is 895. The van der Waals surface area contributed by atoms with Gasteiger partial charge in [-0.15, -0.1) is 5.10 Å². The van der Waals surface area contributed by atoms with Crippen LogP contribution in [0.4, 0.5) is 24.7 Å². The summed E-state index contributed by atoms with van der Waals surface area (Å²) >= 11 is 0. The number of carbonyl (C=O) groups excluding carboxylic acids is 2. The minimum absolute atomic E-state index is 0.0931. The molecule has 1 aromatic carbocycles. The number of rotatable bonds is 4. The number of benzene rings is 1. The number of anilines is 2. The molecule has 0 radical (unpaired) electrons. The number of aromatic nitrogens is 3. The van der Waals surface area contributed by atoms with Gasteiger partial charge in [-0.3, -0.25) is 14.5 Å². The topological polar surface area (TPSA) is 92.2 Å². The van der Waals surface area contributed by atoms with E-state index in [4.69, 9.17) is 0 Å². The van der Waals surface area contributed by atoms with E-state index in [1.165, 1.54) is 24.1 Å². The van der Waals surface area contributed by atoms with E-state index in [-0.39, 0.29) is 17.1 Å². The van der Waals surface area contributed by atoms with Crippen molar-refractivity contribution in [3.8, 4) is 0 Å². The van der Waals surface area contributed by atoms with E-state index in [0.29, 0.717) is 6.42 Å². The lowest BCUT2D eigenvalue weighted by Gasteiger charge is -2.19. The molecule has 0 unspecified atom stereocenters. The van der Waals surface area contributed by atoms with E-state index in [2.05, 4.69) is 20.8 Å². The van der Waals surface area contributed by atoms with Crippen molar-refractivity contribution in [3.05, 3.63) is 35.5 Å². The molecule has 2 heterocycles. The van der Waals surface area contributed by atoms with E-state index in [1.807, 2.05) is 4.90 Å². The molecule has 0 saturated carbocycles. The van der Waals surface area contributed by atoms with Crippen molar-refractivity contribution >= 4 is 23.3 Å². The molecule has 1 fully saturated rings. The quantitative estimate of drug-likeness (QED) is 0.826. The smallest absolute Gasteiger partial charge is 0.325 e. The van der Waals surface area contributed by atoms with Gasteiger partial charge in [-0.1, -0.05) is 0 Å². The zero-order chi connectivity index (χ0) is 20.5. The largest absolute Gasteiger partial charge is 0.416 e. The molecule has 0 bridgehead atoms. The number of likely N-dealkylation sites (N-methyl/N-ethyl adjacent to an activating group) is 1. The van der Waals surface area contributed by atoms with Crippen LogP contribution in [0.5, 0.6) is 0 Å². The van der Waals surface area contributed by atoms with Gasteiger partial charge in [0, 0.05) is 18.3 Å². The van der Waals surface area contributed by atoms with Crippen molar-refractivity contribution in [3.63, 3.8) is 0 Å². The van der Waals surface area contributed by atoms with Gasteiger partial charge < -0.3 is 10.6 Å². The molecule has 28 heavy (non-hydrogen) atoms. The predicted octanol–water partition coefficient (Wildman–Crippen LogP) is 2.12. The fourth-order valence-electron chi connectivity index (χ4n) is 3.05. The molecule has 8 nitrogen and oxygen atoms in total. The van der Waals surface area contributed by atoms with Crippen LogP contribution >= 0.6 is 0 Å². The summed E-state index contributed by atoms with van der Waals surface area (Å²) < 4.78 is 39.8. The van der Waals surface area contributed by atoms with Crippen LogP contribution in [0.3, 0.4) is 0 Å². The van der Waals surface area contributed by atoms with Gasteiger partial charge in [0.25, 0.3) is 5.91 Å². The molecule has 1 aliphatic heterocycles. The van der Waals surface area contributed by atoms with Gasteiger partial charge in [0.2, 0.25) is 5.91 Å². The summed E-state index contributed by atoms with van der Waals surface area (Å²) in [5.41, 5.74) is -1.38. The Morgan fingerprint density at radius 3 is 2.50 bits per heavy atom. The summed E-state index contributed by atoms with van der Waals surface area (Å²) in [7, 11) is 3.32. The average Bonchev–Trinajstić information content (AvgIpc) is 3.22. The number of likely N-dealkylation sites (tertiary alicyclic amines) is 1. The van der Waals surface area contributed by atoms with Crippen LogP contribution in [-0.4, -0.2) is 51.3 Å². The minimum Gasteiger partial charge on any atom is -0.325 e. The molecular weight excluding hydrogens is 377 g/mol. The highest BCUT2D eigenvalue weighted by atomic mass is 19.4. The average molecular weight is 396 g/mol. The Labute approximate surface area is 158 Å². The number of carbonyl (C=O) groups is 2. The minimum atomic E-state index is -4.67. The van der Waals surface area contributed by atoms with Crippen LogP contribution in [0.1, 0.15) is 28.8 Å². The lowest BCUT2D eigenvalue weighted by Crippen LogP contribution is -2.37. The maximum absolute atomic E-state index is 13.3. The van der Waals surface area contributed by atoms with Gasteiger partial charge in [-0.05, 0) is 44.6 Å². The summed E-state index contributed by atoms with van der Waals surface area (Å²) in [6, 6.07) is 2.33. The van der Waals surface area contributed by atoms with Crippen LogP contribution in [0, 0.1) is 0 Å². The highest BCUT2D eigenvalue weighted by Gasteiger charge is 2.33. The second-order valence-corrected chi connectivity index (χ2v) is 6.60. The maximum Gasteiger partial charge on any atom is 0.416 e.